The van der Waals surface area contributed by atoms with Gasteiger partial charge in [0.15, 0.2) is 0 Å². The molecule has 1 aliphatic rings. The van der Waals surface area contributed by atoms with Crippen molar-refractivity contribution in [2.24, 2.45) is 5.92 Å². The van der Waals surface area contributed by atoms with Crippen LogP contribution in [0.25, 0.3) is 0 Å². The van der Waals surface area contributed by atoms with Crippen molar-refractivity contribution in [3.63, 3.8) is 0 Å². The van der Waals surface area contributed by atoms with Crippen molar-refractivity contribution in [1.82, 2.24) is 10.2 Å². The zero-order valence-corrected chi connectivity index (χ0v) is 13.6. The molecule has 0 spiro atoms. The molecule has 1 aromatic rings. The SMILES string of the molecule is CC(C)N(CCCOc1ccccc1)CC1CCCNC1. The molecule has 2 rings (SSSR count). The fourth-order valence-electron chi connectivity index (χ4n) is 2.95. The lowest BCUT2D eigenvalue weighted by Gasteiger charge is -2.32. The van der Waals surface area contributed by atoms with Gasteiger partial charge in [0.05, 0.1) is 6.61 Å². The fourth-order valence-corrected chi connectivity index (χ4v) is 2.95. The third-order valence-corrected chi connectivity index (χ3v) is 4.22. The smallest absolute Gasteiger partial charge is 0.119 e. The number of piperidine rings is 1. The van der Waals surface area contributed by atoms with Crippen LogP contribution in [-0.2, 0) is 0 Å². The quantitative estimate of drug-likeness (QED) is 0.744. The predicted molar refractivity (Wildman–Crippen MR) is 88.9 cm³/mol. The van der Waals surface area contributed by atoms with Gasteiger partial charge < -0.3 is 15.0 Å². The Morgan fingerprint density at radius 1 is 1.29 bits per heavy atom. The van der Waals surface area contributed by atoms with Crippen molar-refractivity contribution < 1.29 is 4.74 Å². The van der Waals surface area contributed by atoms with Gasteiger partial charge >= 0.3 is 0 Å². The molecular formula is C18H30N2O. The van der Waals surface area contributed by atoms with Gasteiger partial charge in [-0.15, -0.1) is 0 Å². The number of rotatable bonds is 8. The van der Waals surface area contributed by atoms with Gasteiger partial charge in [-0.2, -0.15) is 0 Å². The van der Waals surface area contributed by atoms with E-state index >= 15 is 0 Å². The predicted octanol–water partition coefficient (Wildman–Crippen LogP) is 3.17. The van der Waals surface area contributed by atoms with Gasteiger partial charge in [-0.05, 0) is 64.3 Å². The van der Waals surface area contributed by atoms with E-state index in [0.29, 0.717) is 6.04 Å². The molecule has 1 aromatic carbocycles. The first-order chi connectivity index (χ1) is 10.3. The minimum atomic E-state index is 0.614. The first kappa shape index (κ1) is 16.3. The Morgan fingerprint density at radius 2 is 2.10 bits per heavy atom. The third-order valence-electron chi connectivity index (χ3n) is 4.22. The molecule has 0 radical (unpaired) electrons. The summed E-state index contributed by atoms with van der Waals surface area (Å²) >= 11 is 0. The Morgan fingerprint density at radius 3 is 2.76 bits per heavy atom. The number of ether oxygens (including phenoxy) is 1. The molecule has 1 unspecified atom stereocenters. The molecule has 21 heavy (non-hydrogen) atoms. The van der Waals surface area contributed by atoms with Crippen LogP contribution in [0.1, 0.15) is 33.1 Å². The molecule has 1 heterocycles. The van der Waals surface area contributed by atoms with Gasteiger partial charge in [-0.1, -0.05) is 18.2 Å². The van der Waals surface area contributed by atoms with Crippen LogP contribution in [0.15, 0.2) is 30.3 Å². The maximum absolute atomic E-state index is 5.79. The second-order valence-electron chi connectivity index (χ2n) is 6.32. The van der Waals surface area contributed by atoms with Crippen LogP contribution in [0, 0.1) is 5.92 Å². The molecule has 118 valence electrons. The average Bonchev–Trinajstić information content (AvgIpc) is 2.52. The molecule has 1 aliphatic heterocycles. The number of nitrogens with zero attached hydrogens (tertiary/aromatic N) is 1. The number of hydrogen-bond acceptors (Lipinski definition) is 3. The lowest BCUT2D eigenvalue weighted by Crippen LogP contribution is -2.41. The van der Waals surface area contributed by atoms with Crippen LogP contribution in [0.5, 0.6) is 5.75 Å². The summed E-state index contributed by atoms with van der Waals surface area (Å²) in [5.41, 5.74) is 0. The van der Waals surface area contributed by atoms with Crippen molar-refractivity contribution in [2.75, 3.05) is 32.8 Å². The summed E-state index contributed by atoms with van der Waals surface area (Å²) in [4.78, 5) is 2.60. The monoisotopic (exact) mass is 290 g/mol. The maximum atomic E-state index is 5.79. The van der Waals surface area contributed by atoms with Gasteiger partial charge in [-0.25, -0.2) is 0 Å². The standard InChI is InChI=1S/C18H30N2O/c1-16(2)20(15-17-8-6-11-19-14-17)12-7-13-21-18-9-4-3-5-10-18/h3-5,9-10,16-17,19H,6-8,11-15H2,1-2H3. The summed E-state index contributed by atoms with van der Waals surface area (Å²) in [7, 11) is 0. The summed E-state index contributed by atoms with van der Waals surface area (Å²) in [6.45, 7) is 10.1. The van der Waals surface area contributed by atoms with Crippen LogP contribution in [0.2, 0.25) is 0 Å². The van der Waals surface area contributed by atoms with E-state index in [0.717, 1.165) is 31.2 Å². The highest BCUT2D eigenvalue weighted by molar-refractivity contribution is 5.20. The van der Waals surface area contributed by atoms with Crippen LogP contribution in [0.4, 0.5) is 0 Å². The van der Waals surface area contributed by atoms with Crippen LogP contribution in [0.3, 0.4) is 0 Å². The second-order valence-corrected chi connectivity index (χ2v) is 6.32. The van der Waals surface area contributed by atoms with Crippen molar-refractivity contribution in [1.29, 1.82) is 0 Å². The van der Waals surface area contributed by atoms with E-state index in [9.17, 15) is 0 Å². The summed E-state index contributed by atoms with van der Waals surface area (Å²) < 4.78 is 5.79. The fraction of sp³-hybridized carbons (Fsp3) is 0.667. The second kappa shape index (κ2) is 9.06. The molecule has 3 nitrogen and oxygen atoms in total. The average molecular weight is 290 g/mol. The first-order valence-corrected chi connectivity index (χ1v) is 8.38. The lowest BCUT2D eigenvalue weighted by molar-refractivity contribution is 0.159. The normalized spacial score (nSPS) is 19.1. The Hall–Kier alpha value is -1.06. The molecular weight excluding hydrogens is 260 g/mol. The number of benzene rings is 1. The number of para-hydroxylation sites is 1. The summed E-state index contributed by atoms with van der Waals surface area (Å²) in [5, 5.41) is 3.52. The largest absolute Gasteiger partial charge is 0.494 e. The third kappa shape index (κ3) is 6.06. The van der Waals surface area contributed by atoms with Gasteiger partial charge in [0.25, 0.3) is 0 Å². The minimum Gasteiger partial charge on any atom is -0.494 e. The molecule has 0 aromatic heterocycles. The van der Waals surface area contributed by atoms with Crippen molar-refractivity contribution >= 4 is 0 Å². The molecule has 3 heteroatoms. The highest BCUT2D eigenvalue weighted by Gasteiger charge is 2.18. The molecule has 1 fully saturated rings. The van der Waals surface area contributed by atoms with E-state index in [1.807, 2.05) is 30.3 Å². The molecule has 1 N–H and O–H groups in total. The van der Waals surface area contributed by atoms with E-state index in [1.165, 1.54) is 32.5 Å². The van der Waals surface area contributed by atoms with Crippen molar-refractivity contribution in [3.8, 4) is 5.75 Å². The number of nitrogens with one attached hydrogen (secondary N) is 1. The van der Waals surface area contributed by atoms with Crippen LogP contribution < -0.4 is 10.1 Å². The molecule has 0 aliphatic carbocycles. The zero-order chi connectivity index (χ0) is 14.9. The van der Waals surface area contributed by atoms with Crippen molar-refractivity contribution in [2.45, 2.75) is 39.2 Å². The highest BCUT2D eigenvalue weighted by Crippen LogP contribution is 2.14. The Bertz CT molecular complexity index is 374. The highest BCUT2D eigenvalue weighted by atomic mass is 16.5. The van der Waals surface area contributed by atoms with Gasteiger partial charge in [0.2, 0.25) is 0 Å². The minimum absolute atomic E-state index is 0.614. The Balaban J connectivity index is 1.67. The number of hydrogen-bond donors (Lipinski definition) is 1. The summed E-state index contributed by atoms with van der Waals surface area (Å²) in [5.74, 6) is 1.79. The van der Waals surface area contributed by atoms with E-state index < -0.39 is 0 Å². The molecule has 0 amide bonds. The first-order valence-electron chi connectivity index (χ1n) is 8.38. The Labute approximate surface area is 129 Å². The van der Waals surface area contributed by atoms with Crippen LogP contribution in [-0.4, -0.2) is 43.7 Å². The van der Waals surface area contributed by atoms with E-state index in [4.69, 9.17) is 4.74 Å². The molecule has 1 atom stereocenters. The Kier molecular flexibility index (Phi) is 7.04. The zero-order valence-electron chi connectivity index (χ0n) is 13.6. The van der Waals surface area contributed by atoms with E-state index in [-0.39, 0.29) is 0 Å². The molecule has 0 saturated carbocycles. The van der Waals surface area contributed by atoms with Gasteiger partial charge in [0, 0.05) is 19.1 Å². The molecule has 0 bridgehead atoms. The van der Waals surface area contributed by atoms with Gasteiger partial charge in [-0.3, -0.25) is 0 Å². The topological polar surface area (TPSA) is 24.5 Å². The molecule has 1 saturated heterocycles. The van der Waals surface area contributed by atoms with E-state index in [2.05, 4.69) is 24.1 Å². The van der Waals surface area contributed by atoms with Gasteiger partial charge in [0.1, 0.15) is 5.75 Å². The van der Waals surface area contributed by atoms with E-state index in [1.54, 1.807) is 0 Å². The lowest BCUT2D eigenvalue weighted by atomic mass is 9.98. The summed E-state index contributed by atoms with van der Waals surface area (Å²) in [6.07, 6.45) is 3.79. The van der Waals surface area contributed by atoms with Crippen LogP contribution >= 0.6 is 0 Å². The summed E-state index contributed by atoms with van der Waals surface area (Å²) in [6, 6.07) is 10.7. The van der Waals surface area contributed by atoms with Crippen molar-refractivity contribution in [3.05, 3.63) is 30.3 Å². The maximum Gasteiger partial charge on any atom is 0.119 e.